The Morgan fingerprint density at radius 3 is 2.75 bits per heavy atom. The van der Waals surface area contributed by atoms with Gasteiger partial charge in [0.15, 0.2) is 0 Å². The molecule has 0 aromatic carbocycles. The van der Waals surface area contributed by atoms with Gasteiger partial charge in [-0.05, 0) is 26.4 Å². The number of nitrogens with zero attached hydrogens (tertiary/aromatic N) is 1. The molecule has 0 radical (unpaired) electrons. The van der Waals surface area contributed by atoms with E-state index in [4.69, 9.17) is 0 Å². The zero-order chi connectivity index (χ0) is 12.0. The number of hydrogen-bond acceptors (Lipinski definition) is 3. The molecule has 1 saturated heterocycles. The molecule has 0 aromatic heterocycles. The molecule has 0 spiro atoms. The number of rotatable bonds is 5. The summed E-state index contributed by atoms with van der Waals surface area (Å²) in [7, 11) is 1.86. The molecule has 0 saturated carbocycles. The SMILES string of the molecule is CNCC1CCCCN1CCOC(F)(F)F. The van der Waals surface area contributed by atoms with Gasteiger partial charge in [-0.2, -0.15) is 0 Å². The van der Waals surface area contributed by atoms with E-state index in [0.717, 1.165) is 32.4 Å². The number of hydrogen-bond donors (Lipinski definition) is 1. The van der Waals surface area contributed by atoms with Crippen LogP contribution in [-0.4, -0.2) is 50.6 Å². The number of piperidine rings is 1. The lowest BCUT2D eigenvalue weighted by Crippen LogP contribution is -2.46. The van der Waals surface area contributed by atoms with E-state index in [2.05, 4.69) is 15.0 Å². The average Bonchev–Trinajstić information content (AvgIpc) is 2.19. The Morgan fingerprint density at radius 1 is 1.38 bits per heavy atom. The van der Waals surface area contributed by atoms with E-state index in [1.807, 2.05) is 7.05 Å². The topological polar surface area (TPSA) is 24.5 Å². The summed E-state index contributed by atoms with van der Waals surface area (Å²) in [5.74, 6) is 0. The van der Waals surface area contributed by atoms with Gasteiger partial charge in [0.2, 0.25) is 0 Å². The number of alkyl halides is 3. The minimum absolute atomic E-state index is 0.274. The quantitative estimate of drug-likeness (QED) is 0.790. The van der Waals surface area contributed by atoms with Crippen LogP contribution in [0.5, 0.6) is 0 Å². The van der Waals surface area contributed by atoms with Gasteiger partial charge in [0.05, 0.1) is 6.61 Å². The van der Waals surface area contributed by atoms with Crippen LogP contribution in [0.25, 0.3) is 0 Å². The Balaban J connectivity index is 2.27. The van der Waals surface area contributed by atoms with Crippen molar-refractivity contribution < 1.29 is 17.9 Å². The second kappa shape index (κ2) is 6.42. The first-order valence-corrected chi connectivity index (χ1v) is 5.62. The minimum atomic E-state index is -4.51. The van der Waals surface area contributed by atoms with Crippen molar-refractivity contribution in [1.82, 2.24) is 10.2 Å². The lowest BCUT2D eigenvalue weighted by Gasteiger charge is -2.35. The average molecular weight is 240 g/mol. The number of halogens is 3. The molecule has 1 aliphatic rings. The highest BCUT2D eigenvalue weighted by atomic mass is 19.4. The molecule has 1 atom stereocenters. The molecule has 96 valence electrons. The highest BCUT2D eigenvalue weighted by Gasteiger charge is 2.30. The molecule has 0 amide bonds. The first-order chi connectivity index (χ1) is 7.53. The van der Waals surface area contributed by atoms with Crippen LogP contribution in [0, 0.1) is 0 Å². The Hall–Kier alpha value is -0.330. The molecule has 0 aliphatic carbocycles. The summed E-state index contributed by atoms with van der Waals surface area (Å²) in [5.41, 5.74) is 0. The molecule has 1 aliphatic heterocycles. The van der Waals surface area contributed by atoms with E-state index in [0.29, 0.717) is 12.6 Å². The molecule has 1 unspecified atom stereocenters. The van der Waals surface area contributed by atoms with Gasteiger partial charge in [-0.3, -0.25) is 9.64 Å². The second-order valence-corrected chi connectivity index (χ2v) is 4.04. The fraction of sp³-hybridized carbons (Fsp3) is 1.00. The maximum Gasteiger partial charge on any atom is 0.522 e. The molecule has 1 fully saturated rings. The van der Waals surface area contributed by atoms with Gasteiger partial charge >= 0.3 is 6.36 Å². The molecular formula is C10H19F3N2O. The Morgan fingerprint density at radius 2 is 2.12 bits per heavy atom. The van der Waals surface area contributed by atoms with Gasteiger partial charge in [0.1, 0.15) is 0 Å². The van der Waals surface area contributed by atoms with E-state index in [1.165, 1.54) is 0 Å². The highest BCUT2D eigenvalue weighted by Crippen LogP contribution is 2.18. The van der Waals surface area contributed by atoms with Gasteiger partial charge in [0, 0.05) is 19.1 Å². The van der Waals surface area contributed by atoms with Crippen molar-refractivity contribution in [3.8, 4) is 0 Å². The van der Waals surface area contributed by atoms with Crippen molar-refractivity contribution in [3.05, 3.63) is 0 Å². The zero-order valence-electron chi connectivity index (χ0n) is 9.52. The normalized spacial score (nSPS) is 23.6. The first-order valence-electron chi connectivity index (χ1n) is 5.62. The van der Waals surface area contributed by atoms with E-state index in [1.54, 1.807) is 0 Å². The third-order valence-corrected chi connectivity index (χ3v) is 2.83. The van der Waals surface area contributed by atoms with Crippen molar-refractivity contribution in [2.24, 2.45) is 0 Å². The summed E-state index contributed by atoms with van der Waals surface area (Å²) < 4.78 is 39.2. The van der Waals surface area contributed by atoms with Crippen molar-refractivity contribution in [1.29, 1.82) is 0 Å². The van der Waals surface area contributed by atoms with Crippen molar-refractivity contribution in [3.63, 3.8) is 0 Å². The summed E-state index contributed by atoms with van der Waals surface area (Å²) in [4.78, 5) is 2.08. The lowest BCUT2D eigenvalue weighted by atomic mass is 10.0. The van der Waals surface area contributed by atoms with Crippen LogP contribution >= 0.6 is 0 Å². The van der Waals surface area contributed by atoms with E-state index < -0.39 is 6.36 Å². The fourth-order valence-electron chi connectivity index (χ4n) is 2.10. The number of likely N-dealkylation sites (N-methyl/N-ethyl adjacent to an activating group) is 1. The largest absolute Gasteiger partial charge is 0.522 e. The van der Waals surface area contributed by atoms with Crippen LogP contribution in [0.1, 0.15) is 19.3 Å². The van der Waals surface area contributed by atoms with Gasteiger partial charge in [0.25, 0.3) is 0 Å². The Bertz CT molecular complexity index is 197. The molecule has 3 nitrogen and oxygen atoms in total. The molecule has 6 heteroatoms. The minimum Gasteiger partial charge on any atom is -0.318 e. The monoisotopic (exact) mass is 240 g/mol. The van der Waals surface area contributed by atoms with Gasteiger partial charge in [-0.1, -0.05) is 6.42 Å². The highest BCUT2D eigenvalue weighted by molar-refractivity contribution is 4.78. The smallest absolute Gasteiger partial charge is 0.318 e. The summed E-state index contributed by atoms with van der Waals surface area (Å²) in [5, 5.41) is 3.07. The zero-order valence-corrected chi connectivity index (χ0v) is 9.52. The van der Waals surface area contributed by atoms with Gasteiger partial charge < -0.3 is 5.32 Å². The number of likely N-dealkylation sites (tertiary alicyclic amines) is 1. The van der Waals surface area contributed by atoms with Crippen LogP contribution < -0.4 is 5.32 Å². The maximum absolute atomic E-state index is 11.8. The fourth-order valence-corrected chi connectivity index (χ4v) is 2.10. The van der Waals surface area contributed by atoms with Gasteiger partial charge in [-0.25, -0.2) is 0 Å². The first kappa shape index (κ1) is 13.7. The lowest BCUT2D eigenvalue weighted by molar-refractivity contribution is -0.325. The van der Waals surface area contributed by atoms with E-state index in [-0.39, 0.29) is 6.61 Å². The molecule has 0 bridgehead atoms. The van der Waals surface area contributed by atoms with Crippen molar-refractivity contribution >= 4 is 0 Å². The molecular weight excluding hydrogens is 221 g/mol. The summed E-state index contributed by atoms with van der Waals surface area (Å²) in [6.45, 7) is 1.77. The van der Waals surface area contributed by atoms with Crippen LogP contribution in [0.15, 0.2) is 0 Å². The van der Waals surface area contributed by atoms with Crippen LogP contribution in [0.2, 0.25) is 0 Å². The van der Waals surface area contributed by atoms with Crippen LogP contribution in [-0.2, 0) is 4.74 Å². The standard InChI is InChI=1S/C10H19F3N2O/c1-14-8-9-4-2-3-5-15(9)6-7-16-10(11,12)13/h9,14H,2-8H2,1H3. The van der Waals surface area contributed by atoms with Crippen LogP contribution in [0.4, 0.5) is 13.2 Å². The third-order valence-electron chi connectivity index (χ3n) is 2.83. The second-order valence-electron chi connectivity index (χ2n) is 4.04. The van der Waals surface area contributed by atoms with Crippen LogP contribution in [0.3, 0.4) is 0 Å². The van der Waals surface area contributed by atoms with Crippen molar-refractivity contribution in [2.75, 3.05) is 33.3 Å². The number of ether oxygens (including phenoxy) is 1. The third kappa shape index (κ3) is 5.14. The predicted molar refractivity (Wildman–Crippen MR) is 55.1 cm³/mol. The Kier molecular flexibility index (Phi) is 5.51. The molecule has 1 N–H and O–H groups in total. The van der Waals surface area contributed by atoms with Gasteiger partial charge in [-0.15, -0.1) is 13.2 Å². The van der Waals surface area contributed by atoms with E-state index in [9.17, 15) is 13.2 Å². The summed E-state index contributed by atoms with van der Waals surface area (Å²) in [6, 6.07) is 0.343. The summed E-state index contributed by atoms with van der Waals surface area (Å²) in [6.07, 6.45) is -1.24. The molecule has 16 heavy (non-hydrogen) atoms. The predicted octanol–water partition coefficient (Wildman–Crippen LogP) is 1.60. The molecule has 0 aromatic rings. The Labute approximate surface area is 93.9 Å². The van der Waals surface area contributed by atoms with E-state index >= 15 is 0 Å². The molecule has 1 rings (SSSR count). The van der Waals surface area contributed by atoms with Crippen molar-refractivity contribution in [2.45, 2.75) is 31.7 Å². The maximum atomic E-state index is 11.8. The number of nitrogens with one attached hydrogen (secondary N) is 1. The molecule has 1 heterocycles. The summed E-state index contributed by atoms with van der Waals surface area (Å²) >= 11 is 0.